The molecule has 1 heterocycles. The van der Waals surface area contributed by atoms with Crippen molar-refractivity contribution in [3.8, 4) is 10.4 Å². The van der Waals surface area contributed by atoms with E-state index in [-0.39, 0.29) is 23.5 Å². The lowest BCUT2D eigenvalue weighted by molar-refractivity contribution is -0.139. The Morgan fingerprint density at radius 2 is 1.86 bits per heavy atom. The molecule has 4 nitrogen and oxygen atoms in total. The van der Waals surface area contributed by atoms with Gasteiger partial charge in [-0.15, -0.1) is 0 Å². The summed E-state index contributed by atoms with van der Waals surface area (Å²) in [6.07, 6.45) is 0.260. The molecule has 0 spiro atoms. The van der Waals surface area contributed by atoms with E-state index in [1.54, 1.807) is 10.0 Å². The van der Waals surface area contributed by atoms with Gasteiger partial charge >= 0.3 is 5.97 Å². The highest BCUT2D eigenvalue weighted by Crippen LogP contribution is 2.26. The lowest BCUT2D eigenvalue weighted by atomic mass is 10.1. The Morgan fingerprint density at radius 3 is 2.33 bits per heavy atom. The number of ether oxygens (including phenoxy) is 1. The minimum atomic E-state index is -0.258. The fourth-order valence-corrected chi connectivity index (χ4v) is 2.98. The predicted octanol–water partition coefficient (Wildman–Crippen LogP) is 3.05. The summed E-state index contributed by atoms with van der Waals surface area (Å²) in [6, 6.07) is 9.29. The van der Waals surface area contributed by atoms with Crippen molar-refractivity contribution in [1.82, 2.24) is 3.96 Å². The third kappa shape index (κ3) is 3.61. The van der Waals surface area contributed by atoms with Gasteiger partial charge in [-0.3, -0.25) is 13.5 Å². The van der Waals surface area contributed by atoms with Gasteiger partial charge in [-0.05, 0) is 31.9 Å². The highest BCUT2D eigenvalue weighted by Gasteiger charge is 2.18. The molecule has 2 rings (SSSR count). The van der Waals surface area contributed by atoms with Crippen molar-refractivity contribution < 1.29 is 9.53 Å². The van der Waals surface area contributed by atoms with Crippen LogP contribution >= 0.6 is 11.5 Å². The van der Waals surface area contributed by atoms with Gasteiger partial charge in [0.15, 0.2) is 0 Å². The van der Waals surface area contributed by atoms with Gasteiger partial charge in [-0.25, -0.2) is 0 Å². The zero-order chi connectivity index (χ0) is 15.6. The van der Waals surface area contributed by atoms with Gasteiger partial charge < -0.3 is 4.74 Å². The van der Waals surface area contributed by atoms with Crippen LogP contribution in [0.25, 0.3) is 10.4 Å². The van der Waals surface area contributed by atoms with Gasteiger partial charge in [0.05, 0.1) is 23.9 Å². The first-order chi connectivity index (χ1) is 9.81. The normalized spacial score (nSPS) is 11.4. The van der Waals surface area contributed by atoms with Crippen LogP contribution < -0.4 is 5.56 Å². The molecule has 0 fully saturated rings. The summed E-state index contributed by atoms with van der Waals surface area (Å²) in [5.41, 5.74) is 1.67. The van der Waals surface area contributed by atoms with E-state index < -0.39 is 0 Å². The number of carbonyl (C=O) groups excluding carboxylic acids is 1. The van der Waals surface area contributed by atoms with Crippen LogP contribution in [0.2, 0.25) is 0 Å². The molecule has 2 aromatic rings. The number of nitrogens with zero attached hydrogens (tertiary/aromatic N) is 1. The second-order valence-electron chi connectivity index (χ2n) is 5.85. The Kier molecular flexibility index (Phi) is 4.32. The van der Waals surface area contributed by atoms with E-state index in [9.17, 15) is 9.59 Å². The number of benzene rings is 1. The molecule has 0 atom stereocenters. The summed E-state index contributed by atoms with van der Waals surface area (Å²) in [6.45, 7) is 6.02. The molecule has 0 aliphatic carbocycles. The number of methoxy groups -OCH3 is 1. The predicted molar refractivity (Wildman–Crippen MR) is 84.7 cm³/mol. The van der Waals surface area contributed by atoms with E-state index in [0.717, 1.165) is 16.0 Å². The number of aromatic nitrogens is 1. The van der Waals surface area contributed by atoms with E-state index in [1.165, 1.54) is 18.6 Å². The topological polar surface area (TPSA) is 48.3 Å². The molecule has 0 amide bonds. The fraction of sp³-hybridized carbons (Fsp3) is 0.375. The van der Waals surface area contributed by atoms with Crippen LogP contribution in [0.1, 0.15) is 26.3 Å². The summed E-state index contributed by atoms with van der Waals surface area (Å²) < 4.78 is 6.41. The highest BCUT2D eigenvalue weighted by atomic mass is 32.1. The first-order valence-electron chi connectivity index (χ1n) is 6.71. The molecule has 0 N–H and O–H groups in total. The van der Waals surface area contributed by atoms with E-state index in [1.807, 2.05) is 45.0 Å². The number of hydrogen-bond donors (Lipinski definition) is 0. The van der Waals surface area contributed by atoms with Crippen molar-refractivity contribution >= 4 is 17.5 Å². The molecule has 0 saturated heterocycles. The first-order valence-corrected chi connectivity index (χ1v) is 7.48. The Balaban J connectivity index is 2.27. The van der Waals surface area contributed by atoms with Crippen molar-refractivity contribution in [3.05, 3.63) is 46.2 Å². The molecule has 0 radical (unpaired) electrons. The smallest absolute Gasteiger partial charge is 0.309 e. The Morgan fingerprint density at radius 1 is 1.24 bits per heavy atom. The second kappa shape index (κ2) is 5.85. The molecule has 112 valence electrons. The summed E-state index contributed by atoms with van der Waals surface area (Å²) in [5.74, 6) is -0.258. The van der Waals surface area contributed by atoms with Gasteiger partial charge in [-0.1, -0.05) is 35.8 Å². The largest absolute Gasteiger partial charge is 0.469 e. The zero-order valence-corrected chi connectivity index (χ0v) is 13.5. The van der Waals surface area contributed by atoms with Gasteiger partial charge in [0.25, 0.3) is 5.56 Å². The summed E-state index contributed by atoms with van der Waals surface area (Å²) in [7, 11) is 1.38. The first kappa shape index (κ1) is 15.5. The average molecular weight is 305 g/mol. The molecule has 0 unspecified atom stereocenters. The van der Waals surface area contributed by atoms with Crippen LogP contribution in [-0.4, -0.2) is 17.0 Å². The second-order valence-corrected chi connectivity index (χ2v) is 6.84. The number of esters is 1. The summed E-state index contributed by atoms with van der Waals surface area (Å²) >= 11 is 1.46. The van der Waals surface area contributed by atoms with Crippen molar-refractivity contribution in [2.75, 3.05) is 7.11 Å². The van der Waals surface area contributed by atoms with Gasteiger partial charge in [-0.2, -0.15) is 0 Å². The molecule has 0 bridgehead atoms. The van der Waals surface area contributed by atoms with Gasteiger partial charge in [0.2, 0.25) is 0 Å². The third-order valence-corrected chi connectivity index (χ3v) is 4.53. The molecule has 1 aromatic heterocycles. The van der Waals surface area contributed by atoms with Crippen molar-refractivity contribution in [2.24, 2.45) is 0 Å². The molecule has 1 aromatic carbocycles. The number of rotatable bonds is 3. The van der Waals surface area contributed by atoms with E-state index >= 15 is 0 Å². The number of carbonyl (C=O) groups is 1. The van der Waals surface area contributed by atoms with Crippen molar-refractivity contribution in [2.45, 2.75) is 32.7 Å². The maximum atomic E-state index is 12.0. The number of hydrogen-bond acceptors (Lipinski definition) is 4. The summed E-state index contributed by atoms with van der Waals surface area (Å²) in [5, 5.41) is 0. The van der Waals surface area contributed by atoms with E-state index in [2.05, 4.69) is 4.74 Å². The molecule has 0 saturated carbocycles. The average Bonchev–Trinajstić information content (AvgIpc) is 2.81. The van der Waals surface area contributed by atoms with Gasteiger partial charge in [0.1, 0.15) is 0 Å². The Labute approximate surface area is 128 Å². The zero-order valence-electron chi connectivity index (χ0n) is 12.7. The molecule has 21 heavy (non-hydrogen) atoms. The molecule has 5 heteroatoms. The van der Waals surface area contributed by atoms with Crippen LogP contribution in [0.3, 0.4) is 0 Å². The van der Waals surface area contributed by atoms with Crippen LogP contribution in [-0.2, 0) is 21.5 Å². The van der Waals surface area contributed by atoms with Crippen LogP contribution in [0.5, 0.6) is 0 Å². The molecule has 0 aliphatic heterocycles. The van der Waals surface area contributed by atoms with E-state index in [0.29, 0.717) is 0 Å². The third-order valence-electron chi connectivity index (χ3n) is 3.07. The lowest BCUT2D eigenvalue weighted by Crippen LogP contribution is -2.28. The Bertz CT molecular complexity index is 690. The van der Waals surface area contributed by atoms with E-state index in [4.69, 9.17) is 0 Å². The molecular weight excluding hydrogens is 286 g/mol. The van der Waals surface area contributed by atoms with Gasteiger partial charge in [0, 0.05) is 6.07 Å². The van der Waals surface area contributed by atoms with Crippen LogP contribution in [0.15, 0.2) is 35.1 Å². The van der Waals surface area contributed by atoms with Crippen LogP contribution in [0.4, 0.5) is 0 Å². The highest BCUT2D eigenvalue weighted by molar-refractivity contribution is 7.10. The SMILES string of the molecule is COC(=O)Cc1ccc(-c2cc(=O)n(C(C)(C)C)s2)cc1. The Hall–Kier alpha value is -1.88. The summed E-state index contributed by atoms with van der Waals surface area (Å²) in [4.78, 5) is 24.2. The fourth-order valence-electron chi connectivity index (χ4n) is 1.97. The maximum Gasteiger partial charge on any atom is 0.309 e. The molecular formula is C16H19NO3S. The standard InChI is InChI=1S/C16H19NO3S/c1-16(2,3)17-14(18)10-13(21-17)12-7-5-11(6-8-12)9-15(19)20-4/h5-8,10H,9H2,1-4H3. The van der Waals surface area contributed by atoms with Crippen molar-refractivity contribution in [3.63, 3.8) is 0 Å². The van der Waals surface area contributed by atoms with Crippen LogP contribution in [0, 0.1) is 0 Å². The molecule has 0 aliphatic rings. The minimum Gasteiger partial charge on any atom is -0.469 e. The maximum absolute atomic E-state index is 12.0. The monoisotopic (exact) mass is 305 g/mol. The lowest BCUT2D eigenvalue weighted by Gasteiger charge is -2.18. The van der Waals surface area contributed by atoms with Crippen molar-refractivity contribution in [1.29, 1.82) is 0 Å². The quantitative estimate of drug-likeness (QED) is 0.819. The minimum absolute atomic E-state index is 0.0149.